The molecule has 0 saturated carbocycles. The van der Waals surface area contributed by atoms with E-state index in [1.54, 1.807) is 13.0 Å². The lowest BCUT2D eigenvalue weighted by molar-refractivity contribution is -0.132. The molecule has 0 aromatic carbocycles. The van der Waals surface area contributed by atoms with Gasteiger partial charge in [-0.15, -0.1) is 0 Å². The molecule has 0 aliphatic carbocycles. The van der Waals surface area contributed by atoms with Gasteiger partial charge in [0.2, 0.25) is 0 Å². The van der Waals surface area contributed by atoms with E-state index in [1.165, 1.54) is 0 Å². The van der Waals surface area contributed by atoms with Crippen molar-refractivity contribution in [3.63, 3.8) is 0 Å². The molecule has 0 aromatic rings. The number of allylic oxidation sites excluding steroid dienone is 1. The fraction of sp³-hybridized carbons (Fsp3) is 0.700. The summed E-state index contributed by atoms with van der Waals surface area (Å²) in [7, 11) is -3.29. The van der Waals surface area contributed by atoms with Crippen LogP contribution in [0.1, 0.15) is 34.1 Å². The summed E-state index contributed by atoms with van der Waals surface area (Å²) in [6, 6.07) is 0. The summed E-state index contributed by atoms with van der Waals surface area (Å²) < 4.78 is 29.7. The molecule has 5 N–H and O–H groups in total. The molecule has 8 heteroatoms. The predicted molar refractivity (Wildman–Crippen MR) is 69.0 cm³/mol. The maximum absolute atomic E-state index is 10.4. The lowest BCUT2D eigenvalue weighted by atomic mass is 9.88. The van der Waals surface area contributed by atoms with Crippen LogP contribution in [-0.4, -0.2) is 31.2 Å². The predicted octanol–water partition coefficient (Wildman–Crippen LogP) is 2.05. The molecule has 18 heavy (non-hydrogen) atoms. The van der Waals surface area contributed by atoms with Gasteiger partial charge in [-0.2, -0.15) is 8.42 Å². The van der Waals surface area contributed by atoms with Gasteiger partial charge in [0, 0.05) is 5.57 Å². The molecular formula is C10H23NO6S. The topological polar surface area (TPSA) is 136 Å². The highest BCUT2D eigenvalue weighted by Gasteiger charge is 2.13. The quantitative estimate of drug-likeness (QED) is 0.531. The van der Waals surface area contributed by atoms with Crippen LogP contribution in [0.5, 0.6) is 0 Å². The Labute approximate surface area is 108 Å². The van der Waals surface area contributed by atoms with Crippen LogP contribution in [0.15, 0.2) is 11.6 Å². The molecule has 0 radical (unpaired) electrons. The van der Waals surface area contributed by atoms with Crippen LogP contribution < -0.4 is 6.15 Å². The molecular weight excluding hydrogens is 262 g/mol. The van der Waals surface area contributed by atoms with E-state index in [4.69, 9.17) is 9.66 Å². The van der Waals surface area contributed by atoms with Gasteiger partial charge in [-0.25, -0.2) is 4.79 Å². The van der Waals surface area contributed by atoms with E-state index in [0.717, 1.165) is 13.5 Å². The zero-order chi connectivity index (χ0) is 14.3. The highest BCUT2D eigenvalue weighted by molar-refractivity contribution is 7.80. The van der Waals surface area contributed by atoms with Gasteiger partial charge in [0.25, 0.3) is 0 Å². The standard InChI is InChI=1S/C9H16O2.CH4O4S.H3N/c1-5-9(3,4)6-7(2)8(10)11;1-5-6(2,3)4;/h6H,5H2,1-4H3,(H,10,11);1H3,(H,2,3,4);1H3. The van der Waals surface area contributed by atoms with Gasteiger partial charge >= 0.3 is 16.4 Å². The Hall–Kier alpha value is -0.960. The first-order valence-corrected chi connectivity index (χ1v) is 6.27. The molecule has 0 unspecified atom stereocenters. The van der Waals surface area contributed by atoms with Crippen LogP contribution in [-0.2, 0) is 19.4 Å². The molecule has 0 rings (SSSR count). The summed E-state index contributed by atoms with van der Waals surface area (Å²) in [4.78, 5) is 10.4. The minimum Gasteiger partial charge on any atom is -0.478 e. The summed E-state index contributed by atoms with van der Waals surface area (Å²) in [5.74, 6) is -0.827. The van der Waals surface area contributed by atoms with Gasteiger partial charge in [-0.05, 0) is 18.8 Å². The average molecular weight is 285 g/mol. The van der Waals surface area contributed by atoms with E-state index >= 15 is 0 Å². The number of hydrogen-bond donors (Lipinski definition) is 3. The highest BCUT2D eigenvalue weighted by Crippen LogP contribution is 2.22. The van der Waals surface area contributed by atoms with Crippen molar-refractivity contribution < 1.29 is 27.1 Å². The number of carboxylic acids is 1. The fourth-order valence-corrected chi connectivity index (χ4v) is 0.750. The molecule has 0 saturated heterocycles. The van der Waals surface area contributed by atoms with Crippen LogP contribution in [0, 0.1) is 5.41 Å². The molecule has 0 aliphatic rings. The maximum Gasteiger partial charge on any atom is 0.397 e. The first-order chi connectivity index (χ1) is 7.45. The van der Waals surface area contributed by atoms with E-state index in [9.17, 15) is 13.2 Å². The largest absolute Gasteiger partial charge is 0.478 e. The number of hydrogen-bond acceptors (Lipinski definition) is 5. The van der Waals surface area contributed by atoms with Crippen LogP contribution in [0.3, 0.4) is 0 Å². The van der Waals surface area contributed by atoms with E-state index in [0.29, 0.717) is 5.57 Å². The first-order valence-electron chi connectivity index (χ1n) is 4.91. The smallest absolute Gasteiger partial charge is 0.397 e. The van der Waals surface area contributed by atoms with Crippen molar-refractivity contribution in [3.8, 4) is 0 Å². The molecule has 0 spiro atoms. The Morgan fingerprint density at radius 3 is 1.89 bits per heavy atom. The zero-order valence-corrected chi connectivity index (χ0v) is 12.2. The third-order valence-corrected chi connectivity index (χ3v) is 2.49. The van der Waals surface area contributed by atoms with E-state index < -0.39 is 16.4 Å². The molecule has 0 fully saturated rings. The van der Waals surface area contributed by atoms with Crippen molar-refractivity contribution in [2.24, 2.45) is 5.41 Å². The van der Waals surface area contributed by atoms with Gasteiger partial charge < -0.3 is 11.3 Å². The van der Waals surface area contributed by atoms with Crippen LogP contribution in [0.25, 0.3) is 0 Å². The zero-order valence-electron chi connectivity index (χ0n) is 11.4. The molecule has 0 atom stereocenters. The summed E-state index contributed by atoms with van der Waals surface area (Å²) in [5, 5.41) is 8.57. The highest BCUT2D eigenvalue weighted by atomic mass is 32.3. The Kier molecular flexibility index (Phi) is 11.2. The third kappa shape index (κ3) is 15.0. The Morgan fingerprint density at radius 2 is 1.72 bits per heavy atom. The van der Waals surface area contributed by atoms with Gasteiger partial charge in [-0.1, -0.05) is 26.8 Å². The lowest BCUT2D eigenvalue weighted by Crippen LogP contribution is -2.08. The van der Waals surface area contributed by atoms with E-state index in [2.05, 4.69) is 4.18 Å². The third-order valence-electron chi connectivity index (χ3n) is 2.07. The summed E-state index contributed by atoms with van der Waals surface area (Å²) in [6.45, 7) is 7.73. The molecule has 0 amide bonds. The average Bonchev–Trinajstić information content (AvgIpc) is 2.17. The maximum atomic E-state index is 10.4. The summed E-state index contributed by atoms with van der Waals surface area (Å²) >= 11 is 0. The van der Waals surface area contributed by atoms with Crippen molar-refractivity contribution in [3.05, 3.63) is 11.6 Å². The SMILES string of the molecule is CCC(C)(C)C=C(C)C(=O)O.COS(=O)(=O)O.N. The van der Waals surface area contributed by atoms with Crippen LogP contribution in [0.4, 0.5) is 0 Å². The second-order valence-corrected chi connectivity index (χ2v) is 5.26. The first kappa shape index (κ1) is 22.2. The summed E-state index contributed by atoms with van der Waals surface area (Å²) in [5.41, 5.74) is 0.430. The fourth-order valence-electron chi connectivity index (χ4n) is 0.750. The molecule has 0 bridgehead atoms. The van der Waals surface area contributed by atoms with Gasteiger partial charge in [0.1, 0.15) is 0 Å². The van der Waals surface area contributed by atoms with Gasteiger partial charge in [0.15, 0.2) is 0 Å². The second-order valence-electron chi connectivity index (χ2n) is 4.07. The van der Waals surface area contributed by atoms with Crippen molar-refractivity contribution in [1.29, 1.82) is 0 Å². The Balaban J connectivity index is -0.000000277. The Bertz CT molecular complexity index is 372. The molecule has 0 aromatic heterocycles. The normalized spacial score (nSPS) is 12.0. The molecule has 7 nitrogen and oxygen atoms in total. The van der Waals surface area contributed by atoms with Crippen LogP contribution >= 0.6 is 0 Å². The Morgan fingerprint density at radius 1 is 1.39 bits per heavy atom. The van der Waals surface area contributed by atoms with Gasteiger partial charge in [0.05, 0.1) is 7.11 Å². The minimum absolute atomic E-state index is 0. The number of rotatable bonds is 4. The van der Waals surface area contributed by atoms with Crippen molar-refractivity contribution in [1.82, 2.24) is 6.15 Å². The molecule has 110 valence electrons. The summed E-state index contributed by atoms with van der Waals surface area (Å²) in [6.07, 6.45) is 2.76. The van der Waals surface area contributed by atoms with Crippen LogP contribution in [0.2, 0.25) is 0 Å². The van der Waals surface area contributed by atoms with Gasteiger partial charge in [-0.3, -0.25) is 8.74 Å². The molecule has 0 heterocycles. The van der Waals surface area contributed by atoms with Crippen molar-refractivity contribution in [2.75, 3.05) is 7.11 Å². The minimum atomic E-state index is -4.16. The lowest BCUT2D eigenvalue weighted by Gasteiger charge is -2.17. The van der Waals surface area contributed by atoms with E-state index in [1.807, 2.05) is 20.8 Å². The van der Waals surface area contributed by atoms with E-state index in [-0.39, 0.29) is 11.6 Å². The number of aliphatic carboxylic acids is 1. The number of carbonyl (C=O) groups is 1. The molecule has 0 aliphatic heterocycles. The second kappa shape index (κ2) is 9.03. The monoisotopic (exact) mass is 285 g/mol. The van der Waals surface area contributed by atoms with Crippen molar-refractivity contribution >= 4 is 16.4 Å². The number of carboxylic acid groups (broad SMARTS) is 1. The van der Waals surface area contributed by atoms with Crippen molar-refractivity contribution in [2.45, 2.75) is 34.1 Å².